The first-order valence-electron chi connectivity index (χ1n) is 8.53. The van der Waals surface area contributed by atoms with Crippen molar-refractivity contribution in [2.45, 2.75) is 13.1 Å². The summed E-state index contributed by atoms with van der Waals surface area (Å²) in [4.78, 5) is 23.5. The number of hydrogen-bond donors (Lipinski definition) is 2. The average Bonchev–Trinajstić information content (AvgIpc) is 3.17. The zero-order valence-electron chi connectivity index (χ0n) is 15.2. The van der Waals surface area contributed by atoms with Gasteiger partial charge in [-0.25, -0.2) is 4.79 Å². The van der Waals surface area contributed by atoms with E-state index in [0.717, 1.165) is 11.1 Å². The van der Waals surface area contributed by atoms with Crippen molar-refractivity contribution < 1.29 is 14.3 Å². The Morgan fingerprint density at radius 2 is 1.89 bits per heavy atom. The van der Waals surface area contributed by atoms with E-state index in [0.29, 0.717) is 29.4 Å². The lowest BCUT2D eigenvalue weighted by Gasteiger charge is -2.06. The monoisotopic (exact) mass is 398 g/mol. The Morgan fingerprint density at radius 3 is 2.61 bits per heavy atom. The molecule has 3 rings (SSSR count). The molecular formula is C20H19ClN4O3. The molecule has 7 nitrogen and oxygen atoms in total. The molecule has 8 heteroatoms. The number of rotatable bonds is 6. The van der Waals surface area contributed by atoms with Gasteiger partial charge >= 0.3 is 6.09 Å². The topological polar surface area (TPSA) is 85.2 Å². The van der Waals surface area contributed by atoms with Crippen LogP contribution in [-0.2, 0) is 17.8 Å². The number of methoxy groups -OCH3 is 1. The second-order valence-corrected chi connectivity index (χ2v) is 6.42. The van der Waals surface area contributed by atoms with Crippen molar-refractivity contribution in [3.63, 3.8) is 0 Å². The van der Waals surface area contributed by atoms with E-state index in [1.807, 2.05) is 36.4 Å². The number of nitrogens with one attached hydrogen (secondary N) is 2. The maximum Gasteiger partial charge on any atom is 0.411 e. The fourth-order valence-corrected chi connectivity index (χ4v) is 2.72. The second-order valence-electron chi connectivity index (χ2n) is 6.01. The third-order valence-electron chi connectivity index (χ3n) is 4.02. The molecule has 0 spiro atoms. The Labute approximate surface area is 167 Å². The Balaban J connectivity index is 1.55. The smallest absolute Gasteiger partial charge is 0.411 e. The van der Waals surface area contributed by atoms with E-state index in [-0.39, 0.29) is 5.91 Å². The third-order valence-corrected chi connectivity index (χ3v) is 4.39. The van der Waals surface area contributed by atoms with Gasteiger partial charge in [0.25, 0.3) is 5.91 Å². The normalized spacial score (nSPS) is 10.4. The van der Waals surface area contributed by atoms with Crippen molar-refractivity contribution in [1.82, 2.24) is 15.1 Å². The largest absolute Gasteiger partial charge is 0.453 e. The van der Waals surface area contributed by atoms with E-state index in [9.17, 15) is 9.59 Å². The Bertz CT molecular complexity index is 970. The predicted octanol–water partition coefficient (Wildman–Crippen LogP) is 3.69. The van der Waals surface area contributed by atoms with Crippen molar-refractivity contribution >= 4 is 29.3 Å². The third kappa shape index (κ3) is 5.11. The van der Waals surface area contributed by atoms with Crippen LogP contribution in [0.25, 0.3) is 0 Å². The Hall–Kier alpha value is -3.32. The molecule has 2 aromatic carbocycles. The lowest BCUT2D eigenvalue weighted by molar-refractivity contribution is 0.0950. The zero-order valence-corrected chi connectivity index (χ0v) is 15.9. The quantitative estimate of drug-likeness (QED) is 0.663. The van der Waals surface area contributed by atoms with Crippen LogP contribution in [0, 0.1) is 0 Å². The number of anilines is 1. The summed E-state index contributed by atoms with van der Waals surface area (Å²) in [6.07, 6.45) is 2.67. The molecule has 0 fully saturated rings. The molecule has 0 bridgehead atoms. The van der Waals surface area contributed by atoms with Gasteiger partial charge in [-0.05, 0) is 29.3 Å². The van der Waals surface area contributed by atoms with Crippen molar-refractivity contribution in [2.75, 3.05) is 12.4 Å². The van der Waals surface area contributed by atoms with Gasteiger partial charge in [0.1, 0.15) is 0 Å². The minimum absolute atomic E-state index is 0.220. The van der Waals surface area contributed by atoms with Gasteiger partial charge < -0.3 is 10.1 Å². The summed E-state index contributed by atoms with van der Waals surface area (Å²) < 4.78 is 6.21. The minimum atomic E-state index is -0.533. The van der Waals surface area contributed by atoms with E-state index in [4.69, 9.17) is 11.6 Å². The molecule has 0 saturated heterocycles. The molecule has 0 saturated carbocycles. The van der Waals surface area contributed by atoms with Crippen LogP contribution in [0.3, 0.4) is 0 Å². The zero-order chi connectivity index (χ0) is 19.9. The first-order chi connectivity index (χ1) is 13.5. The summed E-state index contributed by atoms with van der Waals surface area (Å²) in [7, 11) is 1.30. The average molecular weight is 399 g/mol. The molecule has 0 radical (unpaired) electrons. The van der Waals surface area contributed by atoms with Gasteiger partial charge in [-0.1, -0.05) is 41.9 Å². The van der Waals surface area contributed by atoms with Crippen LogP contribution in [0.2, 0.25) is 5.02 Å². The van der Waals surface area contributed by atoms with Crippen LogP contribution in [-0.4, -0.2) is 28.9 Å². The standard InChI is InChI=1S/C20H19ClN4O3/c1-28-20(27)24-17-8-6-14(7-9-17)10-22-19(26)16-11-23-25(13-16)12-15-4-2-3-5-18(15)21/h2-9,11,13H,10,12H2,1H3,(H,22,26)(H,24,27). The van der Waals surface area contributed by atoms with Crippen LogP contribution >= 0.6 is 11.6 Å². The molecule has 0 aliphatic carbocycles. The highest BCUT2D eigenvalue weighted by Crippen LogP contribution is 2.16. The number of ether oxygens (including phenoxy) is 1. The minimum Gasteiger partial charge on any atom is -0.453 e. The maximum atomic E-state index is 12.3. The number of halogens is 1. The Kier molecular flexibility index (Phi) is 6.29. The maximum absolute atomic E-state index is 12.3. The molecule has 3 aromatic rings. The summed E-state index contributed by atoms with van der Waals surface area (Å²) in [6, 6.07) is 14.6. The predicted molar refractivity (Wildman–Crippen MR) is 106 cm³/mol. The van der Waals surface area contributed by atoms with Crippen LogP contribution in [0.5, 0.6) is 0 Å². The molecule has 0 aliphatic rings. The number of carbonyl (C=O) groups excluding carboxylic acids is 2. The van der Waals surface area contributed by atoms with Gasteiger partial charge in [0.2, 0.25) is 0 Å². The molecule has 0 aliphatic heterocycles. The van der Waals surface area contributed by atoms with E-state index < -0.39 is 6.09 Å². The molecule has 2 amide bonds. The molecule has 144 valence electrons. The van der Waals surface area contributed by atoms with E-state index in [1.165, 1.54) is 13.3 Å². The van der Waals surface area contributed by atoms with Crippen molar-refractivity contribution in [1.29, 1.82) is 0 Å². The van der Waals surface area contributed by atoms with Crippen molar-refractivity contribution in [3.8, 4) is 0 Å². The fraction of sp³-hybridized carbons (Fsp3) is 0.150. The van der Waals surface area contributed by atoms with E-state index >= 15 is 0 Å². The molecule has 1 heterocycles. The number of carbonyl (C=O) groups is 2. The second kappa shape index (κ2) is 9.05. The van der Waals surface area contributed by atoms with Crippen LogP contribution in [0.4, 0.5) is 10.5 Å². The summed E-state index contributed by atoms with van der Waals surface area (Å²) in [5.74, 6) is -0.220. The molecule has 0 atom stereocenters. The molecule has 28 heavy (non-hydrogen) atoms. The first-order valence-corrected chi connectivity index (χ1v) is 8.91. The molecule has 2 N–H and O–H groups in total. The lowest BCUT2D eigenvalue weighted by Crippen LogP contribution is -2.22. The van der Waals surface area contributed by atoms with Gasteiger partial charge in [0.05, 0.1) is 25.4 Å². The molecule has 1 aromatic heterocycles. The molecule has 0 unspecified atom stereocenters. The van der Waals surface area contributed by atoms with Crippen molar-refractivity contribution in [3.05, 3.63) is 82.6 Å². The number of amides is 2. The van der Waals surface area contributed by atoms with Gasteiger partial charge in [-0.15, -0.1) is 0 Å². The number of benzene rings is 2. The fourth-order valence-electron chi connectivity index (χ4n) is 2.53. The number of aromatic nitrogens is 2. The van der Waals surface area contributed by atoms with Crippen LogP contribution in [0.15, 0.2) is 60.9 Å². The lowest BCUT2D eigenvalue weighted by atomic mass is 10.2. The number of hydrogen-bond acceptors (Lipinski definition) is 4. The highest BCUT2D eigenvalue weighted by Gasteiger charge is 2.10. The highest BCUT2D eigenvalue weighted by molar-refractivity contribution is 6.31. The van der Waals surface area contributed by atoms with E-state index in [2.05, 4.69) is 20.5 Å². The van der Waals surface area contributed by atoms with Gasteiger partial charge in [0.15, 0.2) is 0 Å². The first kappa shape index (κ1) is 19.4. The van der Waals surface area contributed by atoms with Gasteiger partial charge in [0, 0.05) is 23.5 Å². The van der Waals surface area contributed by atoms with Gasteiger partial charge in [-0.2, -0.15) is 5.10 Å². The summed E-state index contributed by atoms with van der Waals surface area (Å²) in [5, 5.41) is 10.3. The SMILES string of the molecule is COC(=O)Nc1ccc(CNC(=O)c2cnn(Cc3ccccc3Cl)c2)cc1. The molecular weight excluding hydrogens is 380 g/mol. The van der Waals surface area contributed by atoms with Gasteiger partial charge in [-0.3, -0.25) is 14.8 Å². The summed E-state index contributed by atoms with van der Waals surface area (Å²) >= 11 is 6.16. The highest BCUT2D eigenvalue weighted by atomic mass is 35.5. The van der Waals surface area contributed by atoms with Crippen molar-refractivity contribution in [2.24, 2.45) is 0 Å². The van der Waals surface area contributed by atoms with Crippen LogP contribution in [0.1, 0.15) is 21.5 Å². The Morgan fingerprint density at radius 1 is 1.14 bits per heavy atom. The summed E-state index contributed by atoms with van der Waals surface area (Å²) in [5.41, 5.74) is 2.91. The van der Waals surface area contributed by atoms with E-state index in [1.54, 1.807) is 23.0 Å². The summed E-state index contributed by atoms with van der Waals surface area (Å²) in [6.45, 7) is 0.842. The number of nitrogens with zero attached hydrogens (tertiary/aromatic N) is 2. The van der Waals surface area contributed by atoms with Crippen LogP contribution < -0.4 is 10.6 Å².